The largest absolute Gasteiger partial charge is 0.489 e. The third-order valence-corrected chi connectivity index (χ3v) is 5.39. The Kier molecular flexibility index (Phi) is 14.7. The predicted octanol–water partition coefficient (Wildman–Crippen LogP) is 6.34. The van der Waals surface area contributed by atoms with Crippen LogP contribution in [0, 0.1) is 5.92 Å². The smallest absolute Gasteiger partial charge is 0.254 e. The molecule has 1 heterocycles. The Hall–Kier alpha value is -2.70. The Labute approximate surface area is 204 Å². The number of carbonyl (C=O) groups is 2. The van der Waals surface area contributed by atoms with E-state index in [-0.39, 0.29) is 37.3 Å². The standard InChI is InChI=1S/C20H28F2N2O3.C5H8.C2H6/c1-5-15(20(21,22)6-2)7-8-24-18(25)14-10-13-9-12(3)27-17(13)16(11-14)19(26)23-4;1-3-5-4-2;1-2/h10-12,15H,5-9H2,1-4H3,(H,23,26)(H,24,25);3-5H,1H2,2H3;1-2H3/b;5-4-;. The molecule has 5 nitrogen and oxygen atoms in total. The third-order valence-electron chi connectivity index (χ3n) is 5.39. The van der Waals surface area contributed by atoms with E-state index in [4.69, 9.17) is 4.74 Å². The van der Waals surface area contributed by atoms with Crippen LogP contribution in [0.2, 0.25) is 0 Å². The van der Waals surface area contributed by atoms with Crippen LogP contribution < -0.4 is 15.4 Å². The summed E-state index contributed by atoms with van der Waals surface area (Å²) in [5.74, 6) is -3.70. The molecule has 1 aromatic rings. The van der Waals surface area contributed by atoms with Crippen molar-refractivity contribution in [3.8, 4) is 5.75 Å². The lowest BCUT2D eigenvalue weighted by Crippen LogP contribution is -2.32. The summed E-state index contributed by atoms with van der Waals surface area (Å²) in [5, 5.41) is 5.25. The maximum absolute atomic E-state index is 13.9. The van der Waals surface area contributed by atoms with Crippen LogP contribution in [-0.4, -0.2) is 37.4 Å². The van der Waals surface area contributed by atoms with Crippen LogP contribution in [0.4, 0.5) is 8.78 Å². The number of amides is 2. The number of allylic oxidation sites excluding steroid dienone is 3. The van der Waals surface area contributed by atoms with E-state index in [2.05, 4.69) is 17.2 Å². The molecule has 0 bridgehead atoms. The molecule has 34 heavy (non-hydrogen) atoms. The zero-order valence-electron chi connectivity index (χ0n) is 21.8. The van der Waals surface area contributed by atoms with Gasteiger partial charge in [0.05, 0.1) is 5.56 Å². The second kappa shape index (κ2) is 16.0. The summed E-state index contributed by atoms with van der Waals surface area (Å²) in [5.41, 5.74) is 1.45. The third kappa shape index (κ3) is 9.27. The highest BCUT2D eigenvalue weighted by Crippen LogP contribution is 2.34. The number of nitrogens with one attached hydrogen (secondary N) is 2. The van der Waals surface area contributed by atoms with Crippen molar-refractivity contribution >= 4 is 11.8 Å². The van der Waals surface area contributed by atoms with Crippen LogP contribution in [0.5, 0.6) is 5.75 Å². The van der Waals surface area contributed by atoms with Gasteiger partial charge in [0.15, 0.2) is 0 Å². The minimum atomic E-state index is -2.73. The van der Waals surface area contributed by atoms with Gasteiger partial charge >= 0.3 is 0 Å². The fourth-order valence-corrected chi connectivity index (χ4v) is 3.57. The molecule has 1 aromatic carbocycles. The fourth-order valence-electron chi connectivity index (χ4n) is 3.57. The highest BCUT2D eigenvalue weighted by atomic mass is 19.3. The number of hydrogen-bond donors (Lipinski definition) is 2. The molecular weight excluding hydrogens is 438 g/mol. The SMILES string of the molecule is C=C/C=C\C.CC.CCC(CCNC(=O)c1cc2c(c(C(=O)NC)c1)OC(C)C2)C(F)(F)CC. The fraction of sp³-hybridized carbons (Fsp3) is 0.556. The molecule has 2 amide bonds. The van der Waals surface area contributed by atoms with E-state index in [0.717, 1.165) is 5.56 Å². The highest BCUT2D eigenvalue weighted by Gasteiger charge is 2.35. The minimum absolute atomic E-state index is 0.0664. The van der Waals surface area contributed by atoms with Gasteiger partial charge in [-0.05, 0) is 44.4 Å². The zero-order valence-corrected chi connectivity index (χ0v) is 21.8. The molecule has 0 spiro atoms. The van der Waals surface area contributed by atoms with Gasteiger partial charge in [-0.25, -0.2) is 8.78 Å². The normalized spacial score (nSPS) is 15.0. The Morgan fingerprint density at radius 1 is 1.26 bits per heavy atom. The van der Waals surface area contributed by atoms with E-state index in [1.807, 2.05) is 39.8 Å². The quantitative estimate of drug-likeness (QED) is 0.406. The summed E-state index contributed by atoms with van der Waals surface area (Å²) in [6.07, 6.45) is 6.47. The van der Waals surface area contributed by atoms with E-state index in [1.165, 1.54) is 20.0 Å². The number of rotatable bonds is 9. The van der Waals surface area contributed by atoms with Gasteiger partial charge in [0.1, 0.15) is 11.9 Å². The van der Waals surface area contributed by atoms with Crippen LogP contribution in [-0.2, 0) is 6.42 Å². The number of benzene rings is 1. The summed E-state index contributed by atoms with van der Waals surface area (Å²) in [6.45, 7) is 14.7. The van der Waals surface area contributed by atoms with E-state index in [9.17, 15) is 18.4 Å². The molecule has 2 unspecified atom stereocenters. The summed E-state index contributed by atoms with van der Waals surface area (Å²) in [4.78, 5) is 24.6. The molecule has 0 aromatic heterocycles. The van der Waals surface area contributed by atoms with Crippen LogP contribution >= 0.6 is 0 Å². The average Bonchev–Trinajstić information content (AvgIpc) is 3.22. The first kappa shape index (κ1) is 31.3. The number of hydrogen-bond acceptors (Lipinski definition) is 3. The Bertz CT molecular complexity index is 822. The first-order valence-corrected chi connectivity index (χ1v) is 12.1. The molecule has 192 valence electrons. The molecular formula is C27H42F2N2O3. The van der Waals surface area contributed by atoms with Gasteiger partial charge in [0.2, 0.25) is 0 Å². The minimum Gasteiger partial charge on any atom is -0.489 e. The lowest BCUT2D eigenvalue weighted by Gasteiger charge is -2.24. The maximum atomic E-state index is 13.9. The summed E-state index contributed by atoms with van der Waals surface area (Å²) < 4.78 is 33.4. The van der Waals surface area contributed by atoms with Gasteiger partial charge < -0.3 is 15.4 Å². The van der Waals surface area contributed by atoms with Gasteiger partial charge in [-0.2, -0.15) is 0 Å². The van der Waals surface area contributed by atoms with E-state index in [0.29, 0.717) is 29.7 Å². The van der Waals surface area contributed by atoms with Crippen molar-refractivity contribution in [2.24, 2.45) is 5.92 Å². The molecule has 2 atom stereocenters. The first-order chi connectivity index (χ1) is 16.1. The Balaban J connectivity index is 0.00000138. The van der Waals surface area contributed by atoms with Crippen molar-refractivity contribution in [2.75, 3.05) is 13.6 Å². The lowest BCUT2D eigenvalue weighted by molar-refractivity contribution is -0.0651. The first-order valence-electron chi connectivity index (χ1n) is 12.1. The van der Waals surface area contributed by atoms with Crippen LogP contribution in [0.3, 0.4) is 0 Å². The van der Waals surface area contributed by atoms with E-state index >= 15 is 0 Å². The van der Waals surface area contributed by atoms with Crippen molar-refractivity contribution in [2.45, 2.75) is 79.3 Å². The van der Waals surface area contributed by atoms with Crippen LogP contribution in [0.25, 0.3) is 0 Å². The molecule has 1 aliphatic heterocycles. The molecule has 0 aliphatic carbocycles. The van der Waals surface area contributed by atoms with Crippen LogP contribution in [0.1, 0.15) is 87.1 Å². The van der Waals surface area contributed by atoms with Gasteiger partial charge in [-0.15, -0.1) is 0 Å². The summed E-state index contributed by atoms with van der Waals surface area (Å²) >= 11 is 0. The second-order valence-electron chi connectivity index (χ2n) is 7.75. The topological polar surface area (TPSA) is 67.4 Å². The van der Waals surface area contributed by atoms with Crippen molar-refractivity contribution in [3.05, 3.63) is 53.6 Å². The summed E-state index contributed by atoms with van der Waals surface area (Å²) in [7, 11) is 1.51. The molecule has 0 saturated heterocycles. The molecule has 0 saturated carbocycles. The van der Waals surface area contributed by atoms with Crippen molar-refractivity contribution < 1.29 is 23.1 Å². The van der Waals surface area contributed by atoms with Gasteiger partial charge in [-0.3, -0.25) is 9.59 Å². The van der Waals surface area contributed by atoms with Gasteiger partial charge in [0, 0.05) is 37.9 Å². The maximum Gasteiger partial charge on any atom is 0.254 e. The van der Waals surface area contributed by atoms with Gasteiger partial charge in [-0.1, -0.05) is 52.5 Å². The Morgan fingerprint density at radius 2 is 1.91 bits per heavy atom. The number of fused-ring (bicyclic) bond motifs is 1. The molecule has 7 heteroatoms. The summed E-state index contributed by atoms with van der Waals surface area (Å²) in [6, 6.07) is 3.20. The van der Waals surface area contributed by atoms with E-state index in [1.54, 1.807) is 19.1 Å². The van der Waals surface area contributed by atoms with Crippen molar-refractivity contribution in [1.29, 1.82) is 0 Å². The Morgan fingerprint density at radius 3 is 2.38 bits per heavy atom. The molecule has 0 fully saturated rings. The number of alkyl halides is 2. The van der Waals surface area contributed by atoms with Crippen molar-refractivity contribution in [1.82, 2.24) is 10.6 Å². The molecule has 0 radical (unpaired) electrons. The average molecular weight is 481 g/mol. The highest BCUT2D eigenvalue weighted by molar-refractivity contribution is 6.02. The van der Waals surface area contributed by atoms with Gasteiger partial charge in [0.25, 0.3) is 17.7 Å². The van der Waals surface area contributed by atoms with E-state index < -0.39 is 11.8 Å². The van der Waals surface area contributed by atoms with Crippen molar-refractivity contribution in [3.63, 3.8) is 0 Å². The molecule has 2 rings (SSSR count). The van der Waals surface area contributed by atoms with Crippen LogP contribution in [0.15, 0.2) is 36.9 Å². The monoisotopic (exact) mass is 480 g/mol. The zero-order chi connectivity index (χ0) is 26.3. The molecule has 1 aliphatic rings. The molecule has 2 N–H and O–H groups in total. The predicted molar refractivity (Wildman–Crippen MR) is 136 cm³/mol. The number of halogens is 2. The number of ether oxygens (including phenoxy) is 1. The number of carbonyl (C=O) groups excluding carboxylic acids is 2. The lowest BCUT2D eigenvalue weighted by atomic mass is 9.93. The second-order valence-corrected chi connectivity index (χ2v) is 7.75.